The molecule has 5 atom stereocenters. The summed E-state index contributed by atoms with van der Waals surface area (Å²) in [5.41, 5.74) is 3.18. The van der Waals surface area contributed by atoms with E-state index in [2.05, 4.69) is 28.9 Å². The van der Waals surface area contributed by atoms with E-state index in [-0.39, 0.29) is 30.9 Å². The summed E-state index contributed by atoms with van der Waals surface area (Å²) in [7, 11) is 1.68. The molecule has 0 spiro atoms. The molecule has 4 nitrogen and oxygen atoms in total. The zero-order valence-corrected chi connectivity index (χ0v) is 16.7. The number of halogens is 2. The lowest BCUT2D eigenvalue weighted by molar-refractivity contribution is -0.0254. The Hall–Kier alpha value is -1.20. The normalized spacial score (nSPS) is 29.8. The third-order valence-corrected chi connectivity index (χ3v) is 5.99. The van der Waals surface area contributed by atoms with E-state index in [1.165, 1.54) is 6.42 Å². The maximum Gasteiger partial charge on any atom is 0.119 e. The molecule has 3 saturated heterocycles. The number of fused-ring (bicyclic) bond motifs is 4. The Morgan fingerprint density at radius 2 is 2.19 bits per heavy atom. The predicted molar refractivity (Wildman–Crippen MR) is 112 cm³/mol. The molecule has 0 aliphatic carbocycles. The van der Waals surface area contributed by atoms with Crippen molar-refractivity contribution in [1.82, 2.24) is 4.90 Å². The fourth-order valence-electron chi connectivity index (χ4n) is 4.62. The van der Waals surface area contributed by atoms with Crippen LogP contribution in [0.3, 0.4) is 0 Å². The Bertz CT molecular complexity index is 680. The third-order valence-electron chi connectivity index (χ3n) is 5.99. The minimum Gasteiger partial charge on any atom is -0.497 e. The topological polar surface area (TPSA) is 44.7 Å². The van der Waals surface area contributed by atoms with Crippen LogP contribution < -0.4 is 10.1 Å². The van der Waals surface area contributed by atoms with Crippen LogP contribution in [0.15, 0.2) is 36.9 Å². The minimum absolute atomic E-state index is 0. The van der Waals surface area contributed by atoms with Gasteiger partial charge in [-0.3, -0.25) is 4.90 Å². The van der Waals surface area contributed by atoms with Gasteiger partial charge in [-0.1, -0.05) is 12.2 Å². The first-order valence-corrected chi connectivity index (χ1v) is 8.88. The second-order valence-electron chi connectivity index (χ2n) is 7.14. The third kappa shape index (κ3) is 3.61. The lowest BCUT2D eigenvalue weighted by atomic mass is 9.73. The van der Waals surface area contributed by atoms with Crippen LogP contribution in [0.25, 0.3) is 5.57 Å². The number of methoxy groups -OCH3 is 1. The number of rotatable bonds is 4. The average Bonchev–Trinajstić information content (AvgIpc) is 2.66. The van der Waals surface area contributed by atoms with Crippen molar-refractivity contribution >= 4 is 36.1 Å². The summed E-state index contributed by atoms with van der Waals surface area (Å²) in [5.74, 6) is 2.07. The molecule has 0 radical (unpaired) electrons. The molecule has 144 valence electrons. The number of aliphatic hydroxyl groups is 1. The van der Waals surface area contributed by atoms with Gasteiger partial charge in [0.1, 0.15) is 5.75 Å². The highest BCUT2D eigenvalue weighted by Crippen LogP contribution is 2.42. The monoisotopic (exact) mass is 398 g/mol. The summed E-state index contributed by atoms with van der Waals surface area (Å²) in [6.45, 7) is 6.87. The number of anilines is 1. The molecular formula is C20H28Cl2N2O2. The minimum atomic E-state index is -0.452. The Balaban J connectivity index is 0.00000121. The highest BCUT2D eigenvalue weighted by atomic mass is 35.5. The van der Waals surface area contributed by atoms with Crippen molar-refractivity contribution in [3.63, 3.8) is 0 Å². The molecule has 4 aliphatic heterocycles. The Morgan fingerprint density at radius 3 is 2.85 bits per heavy atom. The summed E-state index contributed by atoms with van der Waals surface area (Å²) in [6, 6.07) is 6.24. The van der Waals surface area contributed by atoms with E-state index in [9.17, 15) is 5.11 Å². The highest BCUT2D eigenvalue weighted by Gasteiger charge is 2.42. The van der Waals surface area contributed by atoms with E-state index >= 15 is 0 Å². The Morgan fingerprint density at radius 1 is 1.38 bits per heavy atom. The van der Waals surface area contributed by atoms with Crippen LogP contribution in [0, 0.1) is 11.8 Å². The zero-order valence-electron chi connectivity index (χ0n) is 15.1. The Labute approximate surface area is 168 Å². The van der Waals surface area contributed by atoms with Crippen LogP contribution in [-0.2, 0) is 0 Å². The molecule has 2 unspecified atom stereocenters. The molecule has 6 heteroatoms. The van der Waals surface area contributed by atoms with E-state index in [0.29, 0.717) is 11.8 Å². The molecule has 0 amide bonds. The SMILES string of the molecule is C=C[C@H]1CN2CCC1C[C@H]2[C@H](O)C1=CCNc2ccc(OC)cc21.Cl.Cl. The largest absolute Gasteiger partial charge is 0.497 e. The molecule has 2 bridgehead atoms. The first-order valence-electron chi connectivity index (χ1n) is 8.88. The number of aliphatic hydroxyl groups excluding tert-OH is 1. The van der Waals surface area contributed by atoms with Crippen molar-refractivity contribution < 1.29 is 9.84 Å². The van der Waals surface area contributed by atoms with Crippen molar-refractivity contribution in [3.05, 3.63) is 42.5 Å². The number of ether oxygens (including phenoxy) is 1. The van der Waals surface area contributed by atoms with Gasteiger partial charge >= 0.3 is 0 Å². The highest BCUT2D eigenvalue weighted by molar-refractivity contribution is 5.85. The quantitative estimate of drug-likeness (QED) is 0.760. The maximum absolute atomic E-state index is 11.2. The summed E-state index contributed by atoms with van der Waals surface area (Å²) >= 11 is 0. The molecule has 0 aromatic heterocycles. The second kappa shape index (κ2) is 8.66. The van der Waals surface area contributed by atoms with Crippen LogP contribution in [0.4, 0.5) is 5.69 Å². The van der Waals surface area contributed by atoms with Gasteiger partial charge in [0.05, 0.1) is 13.2 Å². The van der Waals surface area contributed by atoms with E-state index in [1.807, 2.05) is 18.2 Å². The lowest BCUT2D eigenvalue weighted by Gasteiger charge is -2.51. The summed E-state index contributed by atoms with van der Waals surface area (Å²) in [5, 5.41) is 14.6. The van der Waals surface area contributed by atoms with Crippen molar-refractivity contribution in [2.45, 2.75) is 25.0 Å². The van der Waals surface area contributed by atoms with E-state index in [4.69, 9.17) is 4.74 Å². The van der Waals surface area contributed by atoms with Gasteiger partial charge in [-0.15, -0.1) is 31.4 Å². The maximum atomic E-state index is 11.2. The zero-order chi connectivity index (χ0) is 16.7. The van der Waals surface area contributed by atoms with Gasteiger partial charge in [-0.25, -0.2) is 0 Å². The second-order valence-corrected chi connectivity index (χ2v) is 7.14. The molecule has 5 rings (SSSR count). The standard InChI is InChI=1S/C20H26N2O2.2ClH/c1-3-13-12-22-9-7-14(13)10-19(22)20(23)16-6-8-21-18-5-4-15(24-2)11-17(16)18;;/h3-6,11,13-14,19-21,23H,1,7-10,12H2,2H3;2*1H/t13-,14?,19-,20+;;/m0../s1. The van der Waals surface area contributed by atoms with Gasteiger partial charge in [0.2, 0.25) is 0 Å². The van der Waals surface area contributed by atoms with E-state index in [1.54, 1.807) is 7.11 Å². The van der Waals surface area contributed by atoms with E-state index < -0.39 is 6.10 Å². The molecule has 26 heavy (non-hydrogen) atoms. The average molecular weight is 399 g/mol. The van der Waals surface area contributed by atoms with Crippen LogP contribution in [0.1, 0.15) is 18.4 Å². The number of piperidine rings is 3. The Kier molecular flexibility index (Phi) is 7.03. The molecule has 4 heterocycles. The number of nitrogens with zero attached hydrogens (tertiary/aromatic N) is 1. The first kappa shape index (κ1) is 21.1. The summed E-state index contributed by atoms with van der Waals surface area (Å²) in [6.07, 6.45) is 6.06. The molecule has 1 aromatic rings. The van der Waals surface area contributed by atoms with Gasteiger partial charge in [0, 0.05) is 30.4 Å². The summed E-state index contributed by atoms with van der Waals surface area (Å²) in [4.78, 5) is 2.46. The fraction of sp³-hybridized carbons (Fsp3) is 0.500. The van der Waals surface area contributed by atoms with Crippen LogP contribution in [0.5, 0.6) is 5.75 Å². The number of hydrogen-bond donors (Lipinski definition) is 2. The number of benzene rings is 1. The fourth-order valence-corrected chi connectivity index (χ4v) is 4.62. The first-order chi connectivity index (χ1) is 11.7. The molecule has 0 saturated carbocycles. The molecule has 2 N–H and O–H groups in total. The van der Waals surface area contributed by atoms with Gasteiger partial charge in [-0.05, 0) is 55.0 Å². The van der Waals surface area contributed by atoms with Crippen LogP contribution in [0.2, 0.25) is 0 Å². The smallest absolute Gasteiger partial charge is 0.119 e. The predicted octanol–water partition coefficient (Wildman–Crippen LogP) is 3.61. The van der Waals surface area contributed by atoms with Gasteiger partial charge in [0.15, 0.2) is 0 Å². The molecule has 4 aliphatic rings. The molecule has 1 aromatic carbocycles. The van der Waals surface area contributed by atoms with Crippen molar-refractivity contribution in [3.8, 4) is 5.75 Å². The molecular weight excluding hydrogens is 371 g/mol. The van der Waals surface area contributed by atoms with Crippen molar-refractivity contribution in [2.24, 2.45) is 11.8 Å². The van der Waals surface area contributed by atoms with Gasteiger partial charge in [0.25, 0.3) is 0 Å². The van der Waals surface area contributed by atoms with Gasteiger partial charge < -0.3 is 15.2 Å². The number of nitrogens with one attached hydrogen (secondary N) is 1. The van der Waals surface area contributed by atoms with Crippen molar-refractivity contribution in [1.29, 1.82) is 0 Å². The summed E-state index contributed by atoms with van der Waals surface area (Å²) < 4.78 is 5.37. The lowest BCUT2D eigenvalue weighted by Crippen LogP contribution is -2.57. The number of hydrogen-bond acceptors (Lipinski definition) is 4. The van der Waals surface area contributed by atoms with E-state index in [0.717, 1.165) is 48.6 Å². The van der Waals surface area contributed by atoms with Gasteiger partial charge in [-0.2, -0.15) is 0 Å². The van der Waals surface area contributed by atoms with Crippen LogP contribution in [-0.4, -0.2) is 48.9 Å². The molecule has 3 fully saturated rings. The van der Waals surface area contributed by atoms with Crippen molar-refractivity contribution in [2.75, 3.05) is 32.1 Å². The van der Waals surface area contributed by atoms with Crippen LogP contribution >= 0.6 is 24.8 Å².